The number of anilines is 1. The topological polar surface area (TPSA) is 3.24 Å². The molecule has 0 N–H and O–H groups in total. The van der Waals surface area contributed by atoms with Gasteiger partial charge in [0, 0.05) is 18.8 Å². The molecule has 0 saturated carbocycles. The molecule has 1 aromatic carbocycles. The van der Waals surface area contributed by atoms with E-state index in [-0.39, 0.29) is 5.82 Å². The van der Waals surface area contributed by atoms with Crippen molar-refractivity contribution in [2.24, 2.45) is 0 Å². The largest absolute Gasteiger partial charge is 0.364 e. The lowest BCUT2D eigenvalue weighted by atomic mass is 10.3. The van der Waals surface area contributed by atoms with Crippen LogP contribution in [0.3, 0.4) is 0 Å². The molecule has 0 saturated heterocycles. The van der Waals surface area contributed by atoms with Gasteiger partial charge in [0.05, 0.1) is 4.47 Å². The highest BCUT2D eigenvalue weighted by Gasteiger charge is 2.08. The van der Waals surface area contributed by atoms with E-state index in [9.17, 15) is 4.39 Å². The first kappa shape index (κ1) is 8.75. The third-order valence-electron chi connectivity index (χ3n) is 2.09. The van der Waals surface area contributed by atoms with E-state index in [0.29, 0.717) is 4.47 Å². The zero-order chi connectivity index (χ0) is 9.26. The summed E-state index contributed by atoms with van der Waals surface area (Å²) in [6, 6.07) is 5.09. The molecular formula is C10H9BrFN. The van der Waals surface area contributed by atoms with Crippen LogP contribution in [0.2, 0.25) is 0 Å². The van der Waals surface area contributed by atoms with Crippen molar-refractivity contribution in [1.82, 2.24) is 0 Å². The van der Waals surface area contributed by atoms with E-state index in [4.69, 9.17) is 0 Å². The highest BCUT2D eigenvalue weighted by atomic mass is 79.9. The second-order valence-electron chi connectivity index (χ2n) is 2.97. The molecule has 1 nitrogen and oxygen atoms in total. The molecule has 3 heteroatoms. The quantitative estimate of drug-likeness (QED) is 0.684. The van der Waals surface area contributed by atoms with Gasteiger partial charge in [-0.25, -0.2) is 4.39 Å². The summed E-state index contributed by atoms with van der Waals surface area (Å²) in [6.45, 7) is 1.83. The van der Waals surface area contributed by atoms with E-state index in [1.54, 1.807) is 6.07 Å². The molecule has 1 aliphatic heterocycles. The first-order valence-electron chi connectivity index (χ1n) is 4.12. The number of nitrogens with zero attached hydrogens (tertiary/aromatic N) is 1. The Morgan fingerprint density at radius 2 is 1.92 bits per heavy atom. The number of rotatable bonds is 1. The lowest BCUT2D eigenvalue weighted by molar-refractivity contribution is 0.621. The van der Waals surface area contributed by atoms with Gasteiger partial charge in [-0.3, -0.25) is 0 Å². The fourth-order valence-electron chi connectivity index (χ4n) is 1.37. The van der Waals surface area contributed by atoms with E-state index in [2.05, 4.69) is 33.0 Å². The maximum Gasteiger partial charge on any atom is 0.137 e. The normalized spacial score (nSPS) is 15.4. The molecule has 0 unspecified atom stereocenters. The zero-order valence-electron chi connectivity index (χ0n) is 7.00. The molecule has 1 aromatic rings. The van der Waals surface area contributed by atoms with Crippen molar-refractivity contribution in [3.8, 4) is 0 Å². The highest BCUT2D eigenvalue weighted by Crippen LogP contribution is 2.23. The summed E-state index contributed by atoms with van der Waals surface area (Å²) >= 11 is 3.17. The third-order valence-corrected chi connectivity index (χ3v) is 2.69. The lowest BCUT2D eigenvalue weighted by Gasteiger charge is -2.17. The van der Waals surface area contributed by atoms with Crippen LogP contribution in [0.15, 0.2) is 34.8 Å². The van der Waals surface area contributed by atoms with Gasteiger partial charge in [-0.05, 0) is 34.1 Å². The fourth-order valence-corrected chi connectivity index (χ4v) is 1.74. The van der Waals surface area contributed by atoms with Crippen molar-refractivity contribution in [1.29, 1.82) is 0 Å². The van der Waals surface area contributed by atoms with E-state index in [1.807, 2.05) is 6.07 Å². The molecule has 68 valence electrons. The fraction of sp³-hybridized carbons (Fsp3) is 0.200. The summed E-state index contributed by atoms with van der Waals surface area (Å²) in [5, 5.41) is 0. The number of hydrogen-bond donors (Lipinski definition) is 0. The van der Waals surface area contributed by atoms with E-state index >= 15 is 0 Å². The average molecular weight is 242 g/mol. The van der Waals surface area contributed by atoms with Crippen molar-refractivity contribution >= 4 is 21.6 Å². The third kappa shape index (κ3) is 1.75. The van der Waals surface area contributed by atoms with Crippen molar-refractivity contribution in [3.05, 3.63) is 40.6 Å². The van der Waals surface area contributed by atoms with Crippen LogP contribution in [0.25, 0.3) is 0 Å². The number of benzene rings is 1. The second kappa shape index (κ2) is 3.50. The minimum absolute atomic E-state index is 0.212. The van der Waals surface area contributed by atoms with Crippen molar-refractivity contribution < 1.29 is 4.39 Å². The Bertz CT molecular complexity index is 341. The van der Waals surface area contributed by atoms with Crippen LogP contribution in [0.5, 0.6) is 0 Å². The SMILES string of the molecule is Fc1ccc(N2CC=CC2)cc1Br. The van der Waals surface area contributed by atoms with E-state index in [1.165, 1.54) is 6.07 Å². The molecule has 0 bridgehead atoms. The van der Waals surface area contributed by atoms with Crippen LogP contribution in [0.1, 0.15) is 0 Å². The Morgan fingerprint density at radius 1 is 1.23 bits per heavy atom. The average Bonchev–Trinajstić information content (AvgIpc) is 2.62. The predicted octanol–water partition coefficient (Wildman–Crippen LogP) is 2.96. The minimum atomic E-state index is -0.212. The Kier molecular flexibility index (Phi) is 2.36. The number of halogens is 2. The molecule has 2 rings (SSSR count). The van der Waals surface area contributed by atoms with Crippen LogP contribution in [-0.2, 0) is 0 Å². The van der Waals surface area contributed by atoms with E-state index < -0.39 is 0 Å². The molecule has 0 aromatic heterocycles. The lowest BCUT2D eigenvalue weighted by Crippen LogP contribution is -2.18. The smallest absolute Gasteiger partial charge is 0.137 e. The second-order valence-corrected chi connectivity index (χ2v) is 3.83. The summed E-state index contributed by atoms with van der Waals surface area (Å²) in [5.41, 5.74) is 1.05. The molecule has 0 radical (unpaired) electrons. The maximum atomic E-state index is 12.9. The predicted molar refractivity (Wildman–Crippen MR) is 55.5 cm³/mol. The summed E-state index contributed by atoms with van der Waals surface area (Å²) in [5.74, 6) is -0.212. The van der Waals surface area contributed by atoms with Crippen molar-refractivity contribution in [3.63, 3.8) is 0 Å². The minimum Gasteiger partial charge on any atom is -0.364 e. The summed E-state index contributed by atoms with van der Waals surface area (Å²) in [4.78, 5) is 2.17. The van der Waals surface area contributed by atoms with Gasteiger partial charge in [-0.2, -0.15) is 0 Å². The molecule has 1 heterocycles. The van der Waals surface area contributed by atoms with Crippen LogP contribution < -0.4 is 4.90 Å². The van der Waals surface area contributed by atoms with Crippen LogP contribution in [0.4, 0.5) is 10.1 Å². The highest BCUT2D eigenvalue weighted by molar-refractivity contribution is 9.10. The maximum absolute atomic E-state index is 12.9. The van der Waals surface area contributed by atoms with Crippen LogP contribution >= 0.6 is 15.9 Å². The zero-order valence-corrected chi connectivity index (χ0v) is 8.59. The molecule has 0 atom stereocenters. The van der Waals surface area contributed by atoms with Gasteiger partial charge in [0.25, 0.3) is 0 Å². The molecule has 13 heavy (non-hydrogen) atoms. The Labute approximate surface area is 85.0 Å². The van der Waals surface area contributed by atoms with Gasteiger partial charge in [-0.1, -0.05) is 12.2 Å². The standard InChI is InChI=1S/C10H9BrFN/c11-9-7-8(3-4-10(9)12)13-5-1-2-6-13/h1-4,7H,5-6H2. The van der Waals surface area contributed by atoms with Gasteiger partial charge >= 0.3 is 0 Å². The molecule has 0 aliphatic carbocycles. The molecule has 0 fully saturated rings. The van der Waals surface area contributed by atoms with Crippen LogP contribution in [-0.4, -0.2) is 13.1 Å². The first-order chi connectivity index (χ1) is 6.27. The molecule has 1 aliphatic rings. The Hall–Kier alpha value is -0.830. The van der Waals surface area contributed by atoms with Gasteiger partial charge in [0.1, 0.15) is 5.82 Å². The van der Waals surface area contributed by atoms with Gasteiger partial charge in [0.15, 0.2) is 0 Å². The Morgan fingerprint density at radius 3 is 2.54 bits per heavy atom. The summed E-state index contributed by atoms with van der Waals surface area (Å²) in [7, 11) is 0. The van der Waals surface area contributed by atoms with Crippen molar-refractivity contribution in [2.45, 2.75) is 0 Å². The summed E-state index contributed by atoms with van der Waals surface area (Å²) in [6.07, 6.45) is 4.22. The van der Waals surface area contributed by atoms with E-state index in [0.717, 1.165) is 18.8 Å². The molecule has 0 spiro atoms. The van der Waals surface area contributed by atoms with Crippen LogP contribution in [0, 0.1) is 5.82 Å². The summed E-state index contributed by atoms with van der Waals surface area (Å²) < 4.78 is 13.4. The monoisotopic (exact) mass is 241 g/mol. The molecule has 0 amide bonds. The first-order valence-corrected chi connectivity index (χ1v) is 4.91. The van der Waals surface area contributed by atoms with Crippen molar-refractivity contribution in [2.75, 3.05) is 18.0 Å². The Balaban J connectivity index is 2.26. The number of hydrogen-bond acceptors (Lipinski definition) is 1. The van der Waals surface area contributed by atoms with Gasteiger partial charge in [0.2, 0.25) is 0 Å². The van der Waals surface area contributed by atoms with Gasteiger partial charge < -0.3 is 4.90 Å². The molecular weight excluding hydrogens is 233 g/mol. The van der Waals surface area contributed by atoms with Gasteiger partial charge in [-0.15, -0.1) is 0 Å².